The van der Waals surface area contributed by atoms with Crippen molar-refractivity contribution in [2.24, 2.45) is 5.73 Å². The molecule has 4 nitrogen and oxygen atoms in total. The minimum absolute atomic E-state index is 0.136. The number of hydrogen-bond donors (Lipinski definition) is 2. The van der Waals surface area contributed by atoms with Crippen molar-refractivity contribution in [3.63, 3.8) is 0 Å². The third-order valence-electron chi connectivity index (χ3n) is 4.32. The molecule has 3 rings (SSSR count). The lowest BCUT2D eigenvalue weighted by Crippen LogP contribution is -2.47. The molecule has 0 spiro atoms. The molecule has 1 fully saturated rings. The monoisotopic (exact) mass is 259 g/mol. The van der Waals surface area contributed by atoms with Crippen molar-refractivity contribution in [1.82, 2.24) is 10.2 Å². The number of hydrogen-bond acceptors (Lipinski definition) is 3. The van der Waals surface area contributed by atoms with Gasteiger partial charge in [-0.25, -0.2) is 0 Å². The van der Waals surface area contributed by atoms with Gasteiger partial charge in [-0.3, -0.25) is 4.79 Å². The lowest BCUT2D eigenvalue weighted by atomic mass is 10.0. The van der Waals surface area contributed by atoms with E-state index in [1.54, 1.807) is 0 Å². The summed E-state index contributed by atoms with van der Waals surface area (Å²) in [5.41, 5.74) is 8.78. The Balaban J connectivity index is 1.70. The largest absolute Gasteiger partial charge is 0.344 e. The number of likely N-dealkylation sites (N-methyl/N-ethyl adjacent to an activating group) is 1. The molecule has 0 saturated carbocycles. The molecule has 0 bridgehead atoms. The molecule has 3 unspecified atom stereocenters. The average Bonchev–Trinajstić information content (AvgIpc) is 2.72. The zero-order chi connectivity index (χ0) is 13.4. The van der Waals surface area contributed by atoms with Gasteiger partial charge in [-0.05, 0) is 24.0 Å². The smallest absolute Gasteiger partial charge is 0.222 e. The Morgan fingerprint density at radius 1 is 1.32 bits per heavy atom. The number of rotatable bonds is 2. The molecule has 2 aliphatic rings. The van der Waals surface area contributed by atoms with Gasteiger partial charge in [-0.15, -0.1) is 0 Å². The summed E-state index contributed by atoms with van der Waals surface area (Å²) in [4.78, 5) is 13.3. The second-order valence-electron chi connectivity index (χ2n) is 5.70. The van der Waals surface area contributed by atoms with E-state index in [1.807, 2.05) is 18.0 Å². The predicted molar refractivity (Wildman–Crippen MR) is 74.5 cm³/mol. The summed E-state index contributed by atoms with van der Waals surface area (Å²) < 4.78 is 0. The number of likely N-dealkylation sites (tertiary alicyclic amines) is 1. The summed E-state index contributed by atoms with van der Waals surface area (Å²) >= 11 is 0. The molecule has 0 radical (unpaired) electrons. The maximum Gasteiger partial charge on any atom is 0.222 e. The number of nitrogens with one attached hydrogen (secondary N) is 1. The summed E-state index contributed by atoms with van der Waals surface area (Å²) in [7, 11) is 1.88. The summed E-state index contributed by atoms with van der Waals surface area (Å²) in [6.07, 6.45) is 2.53. The zero-order valence-corrected chi connectivity index (χ0v) is 11.3. The first-order valence-corrected chi connectivity index (χ1v) is 6.99. The topological polar surface area (TPSA) is 58.4 Å². The number of piperidine rings is 1. The van der Waals surface area contributed by atoms with Crippen LogP contribution in [0.4, 0.5) is 0 Å². The molecule has 1 aliphatic carbocycles. The first-order chi connectivity index (χ1) is 9.15. The summed E-state index contributed by atoms with van der Waals surface area (Å²) in [5, 5.41) is 3.68. The summed E-state index contributed by atoms with van der Waals surface area (Å²) in [5.74, 6) is 0.251. The number of benzene rings is 1. The number of carbonyl (C=O) groups is 1. The van der Waals surface area contributed by atoms with Gasteiger partial charge in [-0.2, -0.15) is 0 Å². The first kappa shape index (κ1) is 12.6. The maximum atomic E-state index is 11.5. The number of carbonyl (C=O) groups excluding carboxylic acids is 1. The van der Waals surface area contributed by atoms with Crippen molar-refractivity contribution in [2.75, 3.05) is 13.6 Å². The molecule has 1 heterocycles. The Morgan fingerprint density at radius 2 is 2.05 bits per heavy atom. The summed E-state index contributed by atoms with van der Waals surface area (Å²) in [6, 6.07) is 9.26. The van der Waals surface area contributed by atoms with E-state index in [4.69, 9.17) is 5.73 Å². The van der Waals surface area contributed by atoms with Crippen LogP contribution in [0.15, 0.2) is 24.3 Å². The van der Waals surface area contributed by atoms with Crippen molar-refractivity contribution >= 4 is 5.91 Å². The van der Waals surface area contributed by atoms with Crippen LogP contribution in [0.25, 0.3) is 0 Å². The first-order valence-electron chi connectivity index (χ1n) is 6.99. The number of nitrogens with zero attached hydrogens (tertiary/aromatic N) is 1. The Labute approximate surface area is 114 Å². The summed E-state index contributed by atoms with van der Waals surface area (Å²) in [6.45, 7) is 0.798. The van der Waals surface area contributed by atoms with Gasteiger partial charge in [0.15, 0.2) is 0 Å². The fourth-order valence-electron chi connectivity index (χ4n) is 3.26. The average molecular weight is 259 g/mol. The second-order valence-corrected chi connectivity index (χ2v) is 5.70. The van der Waals surface area contributed by atoms with E-state index in [-0.39, 0.29) is 11.9 Å². The standard InChI is InChI=1S/C15H21N3O/c1-18-9-10(6-7-15(18)19)17-14-8-13(16)11-4-2-3-5-12(11)14/h2-5,10,13-14,17H,6-9,16H2,1H3. The van der Waals surface area contributed by atoms with E-state index in [0.29, 0.717) is 18.5 Å². The number of amides is 1. The van der Waals surface area contributed by atoms with Crippen molar-refractivity contribution < 1.29 is 4.79 Å². The maximum absolute atomic E-state index is 11.5. The van der Waals surface area contributed by atoms with Crippen molar-refractivity contribution in [2.45, 2.75) is 37.4 Å². The Bertz CT molecular complexity index is 488. The number of fused-ring (bicyclic) bond motifs is 1. The van der Waals surface area contributed by atoms with Gasteiger partial charge in [0, 0.05) is 38.1 Å². The highest BCUT2D eigenvalue weighted by atomic mass is 16.2. The SMILES string of the molecule is CN1CC(NC2CC(N)c3ccccc32)CCC1=O. The lowest BCUT2D eigenvalue weighted by Gasteiger charge is -2.32. The molecule has 19 heavy (non-hydrogen) atoms. The van der Waals surface area contributed by atoms with Crippen LogP contribution in [0.2, 0.25) is 0 Å². The van der Waals surface area contributed by atoms with Crippen LogP contribution in [0.5, 0.6) is 0 Å². The third-order valence-corrected chi connectivity index (χ3v) is 4.32. The second kappa shape index (κ2) is 4.94. The van der Waals surface area contributed by atoms with E-state index in [1.165, 1.54) is 11.1 Å². The van der Waals surface area contributed by atoms with Crippen LogP contribution in [0, 0.1) is 0 Å². The van der Waals surface area contributed by atoms with Gasteiger partial charge >= 0.3 is 0 Å². The van der Waals surface area contributed by atoms with E-state index in [9.17, 15) is 4.79 Å². The van der Waals surface area contributed by atoms with Gasteiger partial charge in [0.25, 0.3) is 0 Å². The molecule has 3 atom stereocenters. The van der Waals surface area contributed by atoms with Crippen LogP contribution in [-0.4, -0.2) is 30.4 Å². The molecule has 1 aromatic rings. The minimum Gasteiger partial charge on any atom is -0.344 e. The molecular formula is C15H21N3O. The van der Waals surface area contributed by atoms with Crippen LogP contribution >= 0.6 is 0 Å². The van der Waals surface area contributed by atoms with Gasteiger partial charge in [0.1, 0.15) is 0 Å². The van der Waals surface area contributed by atoms with Crippen molar-refractivity contribution in [3.8, 4) is 0 Å². The van der Waals surface area contributed by atoms with Gasteiger partial charge in [-0.1, -0.05) is 24.3 Å². The highest BCUT2D eigenvalue weighted by Gasteiger charge is 2.31. The minimum atomic E-state index is 0.136. The van der Waals surface area contributed by atoms with Crippen LogP contribution in [0.3, 0.4) is 0 Å². The molecule has 1 aromatic carbocycles. The molecule has 1 amide bonds. The fraction of sp³-hybridized carbons (Fsp3) is 0.533. The van der Waals surface area contributed by atoms with Gasteiger partial charge in [0.2, 0.25) is 5.91 Å². The predicted octanol–water partition coefficient (Wildman–Crippen LogP) is 1.34. The molecule has 4 heteroatoms. The van der Waals surface area contributed by atoms with Crippen LogP contribution in [0.1, 0.15) is 42.5 Å². The lowest BCUT2D eigenvalue weighted by molar-refractivity contribution is -0.132. The highest BCUT2D eigenvalue weighted by Crippen LogP contribution is 2.37. The van der Waals surface area contributed by atoms with Crippen LogP contribution < -0.4 is 11.1 Å². The van der Waals surface area contributed by atoms with E-state index in [0.717, 1.165) is 19.4 Å². The fourth-order valence-corrected chi connectivity index (χ4v) is 3.26. The normalized spacial score (nSPS) is 30.5. The molecular weight excluding hydrogens is 238 g/mol. The Morgan fingerprint density at radius 3 is 2.79 bits per heavy atom. The Kier molecular flexibility index (Phi) is 3.29. The highest BCUT2D eigenvalue weighted by molar-refractivity contribution is 5.76. The van der Waals surface area contributed by atoms with E-state index in [2.05, 4.69) is 23.5 Å². The van der Waals surface area contributed by atoms with Crippen molar-refractivity contribution in [3.05, 3.63) is 35.4 Å². The van der Waals surface area contributed by atoms with Crippen molar-refractivity contribution in [1.29, 1.82) is 0 Å². The quantitative estimate of drug-likeness (QED) is 0.842. The molecule has 0 aromatic heterocycles. The van der Waals surface area contributed by atoms with Gasteiger partial charge in [0.05, 0.1) is 0 Å². The molecule has 1 saturated heterocycles. The van der Waals surface area contributed by atoms with Crippen LogP contribution in [-0.2, 0) is 4.79 Å². The Hall–Kier alpha value is -1.39. The van der Waals surface area contributed by atoms with E-state index >= 15 is 0 Å². The third kappa shape index (κ3) is 2.38. The number of nitrogens with two attached hydrogens (primary N) is 1. The molecule has 1 aliphatic heterocycles. The molecule has 102 valence electrons. The molecule has 3 N–H and O–H groups in total. The zero-order valence-electron chi connectivity index (χ0n) is 11.3. The van der Waals surface area contributed by atoms with E-state index < -0.39 is 0 Å². The van der Waals surface area contributed by atoms with Gasteiger partial charge < -0.3 is 16.0 Å².